The molecule has 0 N–H and O–H groups in total. The predicted molar refractivity (Wildman–Crippen MR) is 92.5 cm³/mol. The zero-order valence-electron chi connectivity index (χ0n) is 14.3. The van der Waals surface area contributed by atoms with Gasteiger partial charge in [0.05, 0.1) is 19.8 Å². The van der Waals surface area contributed by atoms with Gasteiger partial charge in [0.15, 0.2) is 5.76 Å². The maximum absolute atomic E-state index is 12.6. The minimum absolute atomic E-state index is 0.0700. The van der Waals surface area contributed by atoms with Gasteiger partial charge in [-0.05, 0) is 36.2 Å². The van der Waals surface area contributed by atoms with Crippen molar-refractivity contribution in [3.05, 3.63) is 54.0 Å². The van der Waals surface area contributed by atoms with Crippen molar-refractivity contribution in [1.82, 2.24) is 9.80 Å². The van der Waals surface area contributed by atoms with Crippen molar-refractivity contribution in [2.24, 2.45) is 0 Å². The second-order valence-electron chi connectivity index (χ2n) is 6.03. The molecule has 6 nitrogen and oxygen atoms in total. The number of carbonyl (C=O) groups excluding carboxylic acids is 2. The summed E-state index contributed by atoms with van der Waals surface area (Å²) >= 11 is 0. The molecule has 1 fully saturated rings. The molecule has 3 rings (SSSR count). The van der Waals surface area contributed by atoms with Crippen LogP contribution in [0.5, 0.6) is 5.75 Å². The Kier molecular flexibility index (Phi) is 5.38. The lowest BCUT2D eigenvalue weighted by molar-refractivity contribution is -0.130. The highest BCUT2D eigenvalue weighted by Gasteiger charge is 2.24. The fourth-order valence-corrected chi connectivity index (χ4v) is 2.99. The summed E-state index contributed by atoms with van der Waals surface area (Å²) in [5, 5.41) is 0. The smallest absolute Gasteiger partial charge is 0.289 e. The first-order valence-corrected chi connectivity index (χ1v) is 8.41. The molecule has 2 heterocycles. The molecule has 0 radical (unpaired) electrons. The third-order valence-corrected chi connectivity index (χ3v) is 4.36. The third kappa shape index (κ3) is 4.21. The monoisotopic (exact) mass is 342 g/mol. The van der Waals surface area contributed by atoms with Crippen LogP contribution < -0.4 is 4.74 Å². The zero-order chi connectivity index (χ0) is 17.6. The lowest BCUT2D eigenvalue weighted by Gasteiger charge is -2.21. The van der Waals surface area contributed by atoms with Crippen LogP contribution in [0, 0.1) is 0 Å². The van der Waals surface area contributed by atoms with Crippen LogP contribution in [0.15, 0.2) is 47.1 Å². The Morgan fingerprint density at radius 3 is 2.64 bits per heavy atom. The summed E-state index contributed by atoms with van der Waals surface area (Å²) in [6, 6.07) is 10.9. The summed E-state index contributed by atoms with van der Waals surface area (Å²) in [4.78, 5) is 28.5. The maximum Gasteiger partial charge on any atom is 0.289 e. The molecule has 0 saturated carbocycles. The largest absolute Gasteiger partial charge is 0.497 e. The molecule has 0 atom stereocenters. The Morgan fingerprint density at radius 1 is 1.08 bits per heavy atom. The van der Waals surface area contributed by atoms with Gasteiger partial charge in [0.1, 0.15) is 5.75 Å². The normalized spacial score (nSPS) is 14.9. The first-order chi connectivity index (χ1) is 12.2. The Balaban J connectivity index is 1.58. The van der Waals surface area contributed by atoms with Crippen LogP contribution >= 0.6 is 0 Å². The number of nitrogens with zero attached hydrogens (tertiary/aromatic N) is 2. The molecule has 1 aliphatic rings. The van der Waals surface area contributed by atoms with E-state index < -0.39 is 0 Å². The van der Waals surface area contributed by atoms with Crippen molar-refractivity contribution in [1.29, 1.82) is 0 Å². The number of amides is 2. The standard InChI is InChI=1S/C19H22N2O4/c1-24-16-6-2-5-15(13-16)14-18(22)20-8-4-9-21(11-10-20)19(23)17-7-3-12-25-17/h2-3,5-7,12-13H,4,8-11,14H2,1H3. The van der Waals surface area contributed by atoms with E-state index in [1.54, 1.807) is 24.1 Å². The van der Waals surface area contributed by atoms with Gasteiger partial charge >= 0.3 is 0 Å². The van der Waals surface area contributed by atoms with Crippen LogP contribution in [-0.4, -0.2) is 54.9 Å². The van der Waals surface area contributed by atoms with Gasteiger partial charge in [0.25, 0.3) is 5.91 Å². The number of hydrogen-bond donors (Lipinski definition) is 0. The Hall–Kier alpha value is -2.76. The Labute approximate surface area is 147 Å². The molecule has 25 heavy (non-hydrogen) atoms. The summed E-state index contributed by atoms with van der Waals surface area (Å²) < 4.78 is 10.4. The zero-order valence-corrected chi connectivity index (χ0v) is 14.3. The first kappa shape index (κ1) is 17.1. The number of rotatable bonds is 4. The second-order valence-corrected chi connectivity index (χ2v) is 6.03. The average molecular weight is 342 g/mol. The van der Waals surface area contributed by atoms with Gasteiger partial charge in [0.2, 0.25) is 5.91 Å². The molecule has 1 aromatic carbocycles. The molecule has 132 valence electrons. The quantitative estimate of drug-likeness (QED) is 0.855. The molecule has 1 aromatic heterocycles. The first-order valence-electron chi connectivity index (χ1n) is 8.41. The molecule has 2 amide bonds. The number of furan rings is 1. The van der Waals surface area contributed by atoms with E-state index in [4.69, 9.17) is 9.15 Å². The van der Waals surface area contributed by atoms with E-state index in [0.29, 0.717) is 38.4 Å². The number of benzene rings is 1. The third-order valence-electron chi connectivity index (χ3n) is 4.36. The highest BCUT2D eigenvalue weighted by Crippen LogP contribution is 2.15. The number of ether oxygens (including phenoxy) is 1. The molecule has 0 aliphatic carbocycles. The van der Waals surface area contributed by atoms with Crippen molar-refractivity contribution in [3.63, 3.8) is 0 Å². The van der Waals surface area contributed by atoms with Gasteiger partial charge in [-0.3, -0.25) is 9.59 Å². The fraction of sp³-hybridized carbons (Fsp3) is 0.368. The van der Waals surface area contributed by atoms with E-state index in [9.17, 15) is 9.59 Å². The van der Waals surface area contributed by atoms with Crippen molar-refractivity contribution in [2.75, 3.05) is 33.3 Å². The average Bonchev–Trinajstić information content (AvgIpc) is 3.05. The summed E-state index contributed by atoms with van der Waals surface area (Å²) in [7, 11) is 1.61. The molecular weight excluding hydrogens is 320 g/mol. The lowest BCUT2D eigenvalue weighted by Crippen LogP contribution is -2.37. The topological polar surface area (TPSA) is 63.0 Å². The predicted octanol–water partition coefficient (Wildman–Crippen LogP) is 2.21. The van der Waals surface area contributed by atoms with Crippen LogP contribution in [0.3, 0.4) is 0 Å². The maximum atomic E-state index is 12.6. The SMILES string of the molecule is COc1cccc(CC(=O)N2CCCN(C(=O)c3ccco3)CC2)c1. The Morgan fingerprint density at radius 2 is 1.88 bits per heavy atom. The van der Waals surface area contributed by atoms with E-state index >= 15 is 0 Å². The Bertz CT molecular complexity index is 727. The van der Waals surface area contributed by atoms with Gasteiger partial charge < -0.3 is 19.0 Å². The van der Waals surface area contributed by atoms with Gasteiger partial charge in [-0.25, -0.2) is 0 Å². The van der Waals surface area contributed by atoms with Crippen LogP contribution in [-0.2, 0) is 11.2 Å². The van der Waals surface area contributed by atoms with Crippen LogP contribution in [0.2, 0.25) is 0 Å². The van der Waals surface area contributed by atoms with Gasteiger partial charge in [0, 0.05) is 26.2 Å². The van der Waals surface area contributed by atoms with E-state index in [1.165, 1.54) is 6.26 Å². The lowest BCUT2D eigenvalue weighted by atomic mass is 10.1. The highest BCUT2D eigenvalue weighted by atomic mass is 16.5. The molecule has 1 aliphatic heterocycles. The van der Waals surface area contributed by atoms with Crippen molar-refractivity contribution >= 4 is 11.8 Å². The summed E-state index contributed by atoms with van der Waals surface area (Å²) in [6.45, 7) is 2.34. The van der Waals surface area contributed by atoms with E-state index in [2.05, 4.69) is 0 Å². The van der Waals surface area contributed by atoms with E-state index in [1.807, 2.05) is 29.2 Å². The van der Waals surface area contributed by atoms with Gasteiger partial charge in [-0.15, -0.1) is 0 Å². The molecule has 0 bridgehead atoms. The summed E-state index contributed by atoms with van der Waals surface area (Å²) in [6.07, 6.45) is 2.59. The molecule has 0 spiro atoms. The minimum Gasteiger partial charge on any atom is -0.497 e. The molecular formula is C19H22N2O4. The summed E-state index contributed by atoms with van der Waals surface area (Å²) in [5.41, 5.74) is 0.928. The fourth-order valence-electron chi connectivity index (χ4n) is 2.99. The van der Waals surface area contributed by atoms with Crippen molar-refractivity contribution in [2.45, 2.75) is 12.8 Å². The molecule has 2 aromatic rings. The van der Waals surface area contributed by atoms with E-state index in [-0.39, 0.29) is 11.8 Å². The van der Waals surface area contributed by atoms with Crippen molar-refractivity contribution < 1.29 is 18.7 Å². The number of methoxy groups -OCH3 is 1. The highest BCUT2D eigenvalue weighted by molar-refractivity contribution is 5.91. The van der Waals surface area contributed by atoms with Gasteiger partial charge in [-0.2, -0.15) is 0 Å². The van der Waals surface area contributed by atoms with E-state index in [0.717, 1.165) is 17.7 Å². The van der Waals surface area contributed by atoms with Crippen molar-refractivity contribution in [3.8, 4) is 5.75 Å². The molecule has 1 saturated heterocycles. The van der Waals surface area contributed by atoms with Gasteiger partial charge in [-0.1, -0.05) is 12.1 Å². The number of carbonyl (C=O) groups is 2. The van der Waals surface area contributed by atoms with Crippen LogP contribution in [0.25, 0.3) is 0 Å². The number of hydrogen-bond acceptors (Lipinski definition) is 4. The van der Waals surface area contributed by atoms with Crippen LogP contribution in [0.1, 0.15) is 22.5 Å². The summed E-state index contributed by atoms with van der Waals surface area (Å²) in [5.74, 6) is 1.04. The van der Waals surface area contributed by atoms with Crippen LogP contribution in [0.4, 0.5) is 0 Å². The molecule has 0 unspecified atom stereocenters. The second kappa shape index (κ2) is 7.88. The molecule has 6 heteroatoms. The minimum atomic E-state index is -0.118.